The molecule has 3 rings (SSSR count). The van der Waals surface area contributed by atoms with Crippen molar-refractivity contribution in [3.05, 3.63) is 63.3 Å². The fourth-order valence-corrected chi connectivity index (χ4v) is 3.99. The molecule has 1 N–H and O–H groups in total. The molecule has 0 unspecified atom stereocenters. The van der Waals surface area contributed by atoms with Crippen LogP contribution in [-0.4, -0.2) is 28.3 Å². The van der Waals surface area contributed by atoms with Crippen LogP contribution in [0.1, 0.15) is 48.3 Å². The molecular weight excluding hydrogens is 352 g/mol. The van der Waals surface area contributed by atoms with Gasteiger partial charge in [0, 0.05) is 24.9 Å². The van der Waals surface area contributed by atoms with Crippen LogP contribution in [0.2, 0.25) is 0 Å². The maximum Gasteiger partial charge on any atom is 0.264 e. The van der Waals surface area contributed by atoms with E-state index in [0.29, 0.717) is 37.8 Å². The van der Waals surface area contributed by atoms with Crippen LogP contribution >= 0.6 is 0 Å². The number of aryl methyl sites for hydroxylation is 2. The zero-order valence-electron chi connectivity index (χ0n) is 14.7. The Morgan fingerprint density at radius 2 is 1.88 bits per heavy atom. The van der Waals surface area contributed by atoms with E-state index in [1.807, 2.05) is 30.3 Å². The molecule has 26 heavy (non-hydrogen) atoms. The Kier molecular flexibility index (Phi) is 5.88. The Labute approximate surface area is 153 Å². The molecule has 0 amide bonds. The lowest BCUT2D eigenvalue weighted by Gasteiger charge is -2.20. The average Bonchev–Trinajstić information content (AvgIpc) is 2.62. The molecular formula is C19H24N2O4S. The Balaban J connectivity index is 1.87. The second-order valence-electron chi connectivity index (χ2n) is 6.77. The van der Waals surface area contributed by atoms with Crippen LogP contribution in [-0.2, 0) is 35.9 Å². The van der Waals surface area contributed by atoms with Crippen molar-refractivity contribution in [2.45, 2.75) is 51.5 Å². The van der Waals surface area contributed by atoms with Crippen LogP contribution in [0.25, 0.3) is 0 Å². The van der Waals surface area contributed by atoms with E-state index in [1.165, 1.54) is 0 Å². The van der Waals surface area contributed by atoms with Gasteiger partial charge in [-0.05, 0) is 37.7 Å². The minimum atomic E-state index is -3.95. The van der Waals surface area contributed by atoms with Crippen LogP contribution in [0.5, 0.6) is 0 Å². The number of unbranched alkanes of at least 4 members (excludes halogenated alkanes) is 1. The molecule has 1 aliphatic heterocycles. The first-order valence-electron chi connectivity index (χ1n) is 9.04. The predicted octanol–water partition coefficient (Wildman–Crippen LogP) is 2.38. The highest BCUT2D eigenvalue weighted by Gasteiger charge is 2.19. The molecule has 0 saturated heterocycles. The molecule has 2 aromatic rings. The van der Waals surface area contributed by atoms with Gasteiger partial charge in [0.2, 0.25) is 0 Å². The lowest BCUT2D eigenvalue weighted by Crippen LogP contribution is -2.32. The number of fused-ring (bicyclic) bond motifs is 1. The molecule has 0 bridgehead atoms. The number of rotatable bonds is 7. The summed E-state index contributed by atoms with van der Waals surface area (Å²) in [7, 11) is -3.95. The van der Waals surface area contributed by atoms with E-state index in [0.717, 1.165) is 36.3 Å². The molecule has 0 atom stereocenters. The third kappa shape index (κ3) is 4.80. The lowest BCUT2D eigenvalue weighted by molar-refractivity contribution is 0.478. The van der Waals surface area contributed by atoms with Crippen molar-refractivity contribution < 1.29 is 13.0 Å². The highest BCUT2D eigenvalue weighted by atomic mass is 32.2. The van der Waals surface area contributed by atoms with Crippen LogP contribution in [0.4, 0.5) is 0 Å². The van der Waals surface area contributed by atoms with Crippen molar-refractivity contribution >= 4 is 10.1 Å². The van der Waals surface area contributed by atoms with E-state index in [9.17, 15) is 13.2 Å². The Bertz CT molecular complexity index is 921. The van der Waals surface area contributed by atoms with Crippen LogP contribution in [0.15, 0.2) is 35.1 Å². The number of benzene rings is 1. The maximum atomic E-state index is 13.0. The maximum absolute atomic E-state index is 13.0. The summed E-state index contributed by atoms with van der Waals surface area (Å²) in [6, 6.07) is 9.82. The number of nitrogens with zero attached hydrogens (tertiary/aromatic N) is 2. The normalized spacial score (nSPS) is 14.2. The second-order valence-corrected chi connectivity index (χ2v) is 8.34. The summed E-state index contributed by atoms with van der Waals surface area (Å²) in [6.45, 7) is 0.714. The van der Waals surface area contributed by atoms with E-state index in [-0.39, 0.29) is 11.3 Å². The fraction of sp³-hybridized carbons (Fsp3) is 0.474. The molecule has 0 radical (unpaired) electrons. The van der Waals surface area contributed by atoms with Crippen molar-refractivity contribution in [3.8, 4) is 0 Å². The van der Waals surface area contributed by atoms with Gasteiger partial charge in [0.15, 0.2) is 0 Å². The molecule has 0 saturated carbocycles. The summed E-state index contributed by atoms with van der Waals surface area (Å²) in [6.07, 6.45) is 4.82. The first-order valence-corrected chi connectivity index (χ1v) is 10.7. The SMILES string of the molecule is O=c1c(Cc2ccccc2)c(CCCCS(=O)(=O)O)nc2n1CCCC2. The van der Waals surface area contributed by atoms with Gasteiger partial charge in [0.1, 0.15) is 5.82 Å². The van der Waals surface area contributed by atoms with Crippen molar-refractivity contribution in [1.29, 1.82) is 0 Å². The minimum Gasteiger partial charge on any atom is -0.296 e. The molecule has 2 heterocycles. The molecule has 1 aliphatic rings. The quantitative estimate of drug-likeness (QED) is 0.592. The van der Waals surface area contributed by atoms with E-state index < -0.39 is 10.1 Å². The van der Waals surface area contributed by atoms with Crippen molar-refractivity contribution in [2.24, 2.45) is 0 Å². The topological polar surface area (TPSA) is 89.3 Å². The summed E-state index contributed by atoms with van der Waals surface area (Å²) in [5.41, 5.74) is 2.56. The fourth-order valence-electron chi connectivity index (χ4n) is 3.42. The van der Waals surface area contributed by atoms with E-state index in [1.54, 1.807) is 4.57 Å². The Morgan fingerprint density at radius 3 is 2.62 bits per heavy atom. The molecule has 0 aliphatic carbocycles. The second kappa shape index (κ2) is 8.14. The average molecular weight is 376 g/mol. The summed E-state index contributed by atoms with van der Waals surface area (Å²) >= 11 is 0. The van der Waals surface area contributed by atoms with Crippen LogP contribution in [0, 0.1) is 0 Å². The Hall–Kier alpha value is -1.99. The van der Waals surface area contributed by atoms with Gasteiger partial charge in [-0.1, -0.05) is 30.3 Å². The van der Waals surface area contributed by atoms with E-state index in [2.05, 4.69) is 0 Å². The lowest BCUT2D eigenvalue weighted by atomic mass is 10.0. The van der Waals surface area contributed by atoms with E-state index in [4.69, 9.17) is 9.54 Å². The number of aromatic nitrogens is 2. The monoisotopic (exact) mass is 376 g/mol. The molecule has 0 spiro atoms. The third-order valence-corrected chi connectivity index (χ3v) is 5.55. The zero-order chi connectivity index (χ0) is 18.6. The summed E-state index contributed by atoms with van der Waals surface area (Å²) < 4.78 is 32.4. The standard InChI is InChI=1S/C19H24N2O4S/c22-19-16(14-15-8-2-1-3-9-15)17(10-5-7-13-26(23,24)25)20-18-11-4-6-12-21(18)19/h1-3,8-9H,4-7,10-14H2,(H,23,24,25). The molecule has 140 valence electrons. The first kappa shape index (κ1) is 18.8. The van der Waals surface area contributed by atoms with Gasteiger partial charge in [0.25, 0.3) is 15.7 Å². The first-order chi connectivity index (χ1) is 12.4. The summed E-state index contributed by atoms with van der Waals surface area (Å²) in [5.74, 6) is 0.577. The van der Waals surface area contributed by atoms with E-state index >= 15 is 0 Å². The van der Waals surface area contributed by atoms with Crippen LogP contribution in [0.3, 0.4) is 0 Å². The number of hydrogen-bond donors (Lipinski definition) is 1. The van der Waals surface area contributed by atoms with Gasteiger partial charge in [-0.2, -0.15) is 8.42 Å². The Morgan fingerprint density at radius 1 is 1.12 bits per heavy atom. The van der Waals surface area contributed by atoms with Gasteiger partial charge in [-0.25, -0.2) is 4.98 Å². The summed E-state index contributed by atoms with van der Waals surface area (Å²) in [5, 5.41) is 0. The smallest absolute Gasteiger partial charge is 0.264 e. The largest absolute Gasteiger partial charge is 0.296 e. The van der Waals surface area contributed by atoms with Crippen molar-refractivity contribution in [1.82, 2.24) is 9.55 Å². The van der Waals surface area contributed by atoms with Gasteiger partial charge in [-0.3, -0.25) is 13.9 Å². The van der Waals surface area contributed by atoms with Gasteiger partial charge >= 0.3 is 0 Å². The van der Waals surface area contributed by atoms with Gasteiger partial charge in [0.05, 0.1) is 11.4 Å². The summed E-state index contributed by atoms with van der Waals surface area (Å²) in [4.78, 5) is 17.8. The van der Waals surface area contributed by atoms with Crippen molar-refractivity contribution in [3.63, 3.8) is 0 Å². The van der Waals surface area contributed by atoms with Gasteiger partial charge in [-0.15, -0.1) is 0 Å². The van der Waals surface area contributed by atoms with Crippen LogP contribution < -0.4 is 5.56 Å². The van der Waals surface area contributed by atoms with Crippen molar-refractivity contribution in [2.75, 3.05) is 5.75 Å². The number of hydrogen-bond acceptors (Lipinski definition) is 4. The third-order valence-electron chi connectivity index (χ3n) is 4.75. The van der Waals surface area contributed by atoms with Gasteiger partial charge < -0.3 is 0 Å². The highest BCUT2D eigenvalue weighted by Crippen LogP contribution is 2.17. The molecule has 1 aromatic carbocycles. The molecule has 6 nitrogen and oxygen atoms in total. The zero-order valence-corrected chi connectivity index (χ0v) is 15.5. The minimum absolute atomic E-state index is 0.0309. The predicted molar refractivity (Wildman–Crippen MR) is 100 cm³/mol. The molecule has 1 aromatic heterocycles. The highest BCUT2D eigenvalue weighted by molar-refractivity contribution is 7.85. The molecule has 7 heteroatoms. The molecule has 0 fully saturated rings.